The molecule has 0 saturated carbocycles. The number of esters is 1. The number of ether oxygens (including phenoxy) is 10. The molecule has 2 unspecified atom stereocenters. The van der Waals surface area contributed by atoms with Crippen molar-refractivity contribution in [1.82, 2.24) is 4.90 Å². The van der Waals surface area contributed by atoms with E-state index in [9.17, 15) is 24.6 Å². The lowest BCUT2D eigenvalue weighted by molar-refractivity contribution is -0.317. The Bertz CT molecular complexity index is 1380. The monoisotopic (exact) mass is 787 g/mol. The van der Waals surface area contributed by atoms with Gasteiger partial charge in [-0.15, -0.1) is 0 Å². The van der Waals surface area contributed by atoms with Crippen molar-refractivity contribution in [3.8, 4) is 0 Å². The van der Waals surface area contributed by atoms with E-state index in [0.717, 1.165) is 0 Å². The van der Waals surface area contributed by atoms with Crippen LogP contribution in [0.1, 0.15) is 94.9 Å². The lowest BCUT2D eigenvalue weighted by atomic mass is 9.73. The molecule has 5 fully saturated rings. The molecule has 16 nitrogen and oxygen atoms in total. The first kappa shape index (κ1) is 43.8. The van der Waals surface area contributed by atoms with Gasteiger partial charge >= 0.3 is 18.3 Å². The van der Waals surface area contributed by atoms with E-state index in [0.29, 0.717) is 6.42 Å². The van der Waals surface area contributed by atoms with Crippen LogP contribution < -0.4 is 0 Å². The molecule has 0 spiro atoms. The fraction of sp³-hybridized carbons (Fsp3) is 0.923. The molecule has 2 N–H and O–H groups in total. The molecule has 0 aromatic carbocycles. The van der Waals surface area contributed by atoms with Crippen molar-refractivity contribution in [1.29, 1.82) is 0 Å². The van der Waals surface area contributed by atoms with Crippen molar-refractivity contribution in [2.45, 2.75) is 185 Å². The molecule has 5 rings (SSSR count). The van der Waals surface area contributed by atoms with Crippen LogP contribution in [0.15, 0.2) is 0 Å². The predicted octanol–water partition coefficient (Wildman–Crippen LogP) is 3.94. The minimum absolute atomic E-state index is 0.110. The van der Waals surface area contributed by atoms with Gasteiger partial charge in [-0.3, -0.25) is 4.79 Å². The molecule has 2 bridgehead atoms. The summed E-state index contributed by atoms with van der Waals surface area (Å²) < 4.78 is 61.9. The fourth-order valence-corrected chi connectivity index (χ4v) is 9.82. The van der Waals surface area contributed by atoms with E-state index >= 15 is 0 Å². The second kappa shape index (κ2) is 16.5. The van der Waals surface area contributed by atoms with Gasteiger partial charge in [-0.2, -0.15) is 0 Å². The number of aliphatic hydroxyl groups is 2. The van der Waals surface area contributed by atoms with Crippen molar-refractivity contribution in [2.24, 2.45) is 23.7 Å². The number of nitrogens with zero attached hydrogens (tertiary/aromatic N) is 1. The van der Waals surface area contributed by atoms with E-state index in [1.54, 1.807) is 41.5 Å². The Kier molecular flexibility index (Phi) is 13.2. The Morgan fingerprint density at radius 3 is 2.13 bits per heavy atom. The summed E-state index contributed by atoms with van der Waals surface area (Å²) >= 11 is 0. The molecule has 16 heteroatoms. The summed E-state index contributed by atoms with van der Waals surface area (Å²) in [5.41, 5.74) is -3.94. The van der Waals surface area contributed by atoms with Gasteiger partial charge < -0.3 is 62.5 Å². The SMILES string of the molecule is CC[C@H]1OC(=O)[C@H](C)[C@@H](OC2C[C@@](C)(OC)[C@@H](O)[C@H](C)O2)[C@H](C)[C@@H](OC2O[C@H](C)C[C@H](N(C)C)[C@H]2O)[C@@]2(C)C[C@@H](C)[C@H](OC(=O)O2)[C@H](C)[C@H]2OC(=O)O[C@@]21C. The first-order valence-electron chi connectivity index (χ1n) is 19.8. The highest BCUT2D eigenvalue weighted by atomic mass is 16.8. The maximum Gasteiger partial charge on any atom is 0.509 e. The van der Waals surface area contributed by atoms with Crippen molar-refractivity contribution in [2.75, 3.05) is 21.2 Å². The minimum atomic E-state index is -1.45. The fourth-order valence-electron chi connectivity index (χ4n) is 9.82. The van der Waals surface area contributed by atoms with Crippen LogP contribution in [0.25, 0.3) is 0 Å². The molecular weight excluding hydrogens is 722 g/mol. The average molecular weight is 788 g/mol. The molecule has 316 valence electrons. The quantitative estimate of drug-likeness (QED) is 0.279. The van der Waals surface area contributed by atoms with Crippen molar-refractivity contribution in [3.63, 3.8) is 0 Å². The molecule has 0 aromatic heterocycles. The highest BCUT2D eigenvalue weighted by Gasteiger charge is 2.61. The molecule has 5 saturated heterocycles. The van der Waals surface area contributed by atoms with Crippen LogP contribution in [0.4, 0.5) is 9.59 Å². The van der Waals surface area contributed by atoms with Gasteiger partial charge in [0.1, 0.15) is 36.1 Å². The maximum atomic E-state index is 14.5. The number of fused-ring (bicyclic) bond motifs is 4. The van der Waals surface area contributed by atoms with Gasteiger partial charge in [0.25, 0.3) is 0 Å². The Morgan fingerprint density at radius 1 is 0.855 bits per heavy atom. The normalized spacial score (nSPS) is 49.8. The number of cyclic esters (lactones) is 1. The Morgan fingerprint density at radius 2 is 1.51 bits per heavy atom. The molecule has 5 aliphatic rings. The van der Waals surface area contributed by atoms with E-state index in [2.05, 4.69) is 0 Å². The van der Waals surface area contributed by atoms with Crippen molar-refractivity contribution < 1.29 is 72.0 Å². The zero-order valence-electron chi connectivity index (χ0n) is 34.7. The van der Waals surface area contributed by atoms with Gasteiger partial charge in [0.2, 0.25) is 0 Å². The van der Waals surface area contributed by atoms with Gasteiger partial charge in [-0.1, -0.05) is 27.7 Å². The van der Waals surface area contributed by atoms with E-state index in [4.69, 9.17) is 47.4 Å². The first-order valence-corrected chi connectivity index (χ1v) is 19.8. The second-order valence-electron chi connectivity index (χ2n) is 17.5. The van der Waals surface area contributed by atoms with Crippen LogP contribution in [0.2, 0.25) is 0 Å². The molecule has 5 aliphatic heterocycles. The number of carbonyl (C=O) groups is 3. The maximum absolute atomic E-state index is 14.5. The highest BCUT2D eigenvalue weighted by molar-refractivity contribution is 5.73. The summed E-state index contributed by atoms with van der Waals surface area (Å²) in [6.45, 7) is 17.8. The van der Waals surface area contributed by atoms with Gasteiger partial charge in [0.05, 0.1) is 29.8 Å². The molecule has 55 heavy (non-hydrogen) atoms. The minimum Gasteiger partial charge on any atom is -0.458 e. The third-order valence-corrected chi connectivity index (χ3v) is 13.0. The Balaban J connectivity index is 1.65. The lowest BCUT2D eigenvalue weighted by Crippen LogP contribution is -2.61. The molecule has 0 amide bonds. The largest absolute Gasteiger partial charge is 0.509 e. The number of carbonyl (C=O) groups excluding carboxylic acids is 3. The predicted molar refractivity (Wildman–Crippen MR) is 194 cm³/mol. The molecule has 0 radical (unpaired) electrons. The van der Waals surface area contributed by atoms with Gasteiger partial charge in [0, 0.05) is 31.4 Å². The number of methoxy groups -OCH3 is 1. The van der Waals surface area contributed by atoms with E-state index < -0.39 is 120 Å². The zero-order valence-corrected chi connectivity index (χ0v) is 34.7. The van der Waals surface area contributed by atoms with Crippen LogP contribution in [0.3, 0.4) is 0 Å². The number of likely N-dealkylation sites (N-methyl/N-ethyl adjacent to an activating group) is 1. The number of aliphatic hydroxyl groups excluding tert-OH is 2. The van der Waals surface area contributed by atoms with Gasteiger partial charge in [-0.05, 0) is 80.8 Å². The molecule has 19 atom stereocenters. The van der Waals surface area contributed by atoms with Crippen LogP contribution in [-0.4, -0.2) is 145 Å². The summed E-state index contributed by atoms with van der Waals surface area (Å²) in [6.07, 6.45) is -10.8. The molecular formula is C39H65NO15. The number of hydrogen-bond acceptors (Lipinski definition) is 16. The van der Waals surface area contributed by atoms with Crippen LogP contribution in [0, 0.1) is 23.7 Å². The smallest absolute Gasteiger partial charge is 0.458 e. The number of rotatable bonds is 7. The summed E-state index contributed by atoms with van der Waals surface area (Å²) in [4.78, 5) is 43.0. The van der Waals surface area contributed by atoms with E-state index in [-0.39, 0.29) is 31.4 Å². The average Bonchev–Trinajstić information content (AvgIpc) is 3.36. The van der Waals surface area contributed by atoms with E-state index in [1.165, 1.54) is 7.11 Å². The lowest BCUT2D eigenvalue weighted by Gasteiger charge is -2.49. The van der Waals surface area contributed by atoms with Crippen molar-refractivity contribution in [3.05, 3.63) is 0 Å². The Labute approximate surface area is 325 Å². The molecule has 0 aliphatic carbocycles. The summed E-state index contributed by atoms with van der Waals surface area (Å²) in [6, 6.07) is -0.313. The topological polar surface area (TPSA) is 187 Å². The highest BCUT2D eigenvalue weighted by Crippen LogP contribution is 2.46. The molecule has 0 aromatic rings. The van der Waals surface area contributed by atoms with Gasteiger partial charge in [0.15, 0.2) is 24.3 Å². The van der Waals surface area contributed by atoms with E-state index in [1.807, 2.05) is 46.7 Å². The Hall–Kier alpha value is -2.31. The first-order chi connectivity index (χ1) is 25.6. The standard InChI is InChI=1S/C39H65NO15/c1-14-25-39(10)32(53-36(45)55-39)20(4)28-18(2)16-38(9,54-35(44)51-28)31(52-34-27(41)24(40(11)12)15-19(3)47-34)21(5)29(22(6)33(43)49-25)50-26-17-37(8,46-13)30(42)23(7)48-26/h18-32,34,41-42H,14-17H2,1-13H3/t18-,19-,20+,21+,22-,23+,24+,25-,26?,27-,28+,29+,30+,31-,32-,34?,37-,38-,39-/m1/s1. The molecule has 5 heterocycles. The van der Waals surface area contributed by atoms with Crippen LogP contribution >= 0.6 is 0 Å². The summed E-state index contributed by atoms with van der Waals surface area (Å²) in [5.74, 6) is -3.48. The van der Waals surface area contributed by atoms with Crippen molar-refractivity contribution >= 4 is 18.3 Å². The number of hydrogen-bond donors (Lipinski definition) is 2. The third-order valence-electron chi connectivity index (χ3n) is 13.0. The zero-order chi connectivity index (χ0) is 40.9. The van der Waals surface area contributed by atoms with Crippen LogP contribution in [-0.2, 0) is 52.2 Å². The van der Waals surface area contributed by atoms with Crippen LogP contribution in [0.5, 0.6) is 0 Å². The van der Waals surface area contributed by atoms with Gasteiger partial charge in [-0.25, -0.2) is 9.59 Å². The summed E-state index contributed by atoms with van der Waals surface area (Å²) in [5, 5.41) is 22.6. The second-order valence-corrected chi connectivity index (χ2v) is 17.5. The third kappa shape index (κ3) is 8.48. The summed E-state index contributed by atoms with van der Waals surface area (Å²) in [7, 11) is 5.24.